The van der Waals surface area contributed by atoms with Crippen LogP contribution in [0.5, 0.6) is 0 Å². The van der Waals surface area contributed by atoms with E-state index < -0.39 is 5.82 Å². The topological polar surface area (TPSA) is 125 Å². The summed E-state index contributed by atoms with van der Waals surface area (Å²) in [6.45, 7) is 4.94. The average molecular weight is 617 g/mol. The minimum absolute atomic E-state index is 0.00455. The summed E-state index contributed by atoms with van der Waals surface area (Å²) in [6.07, 6.45) is 6.08. The highest BCUT2D eigenvalue weighted by molar-refractivity contribution is 5.95. The number of rotatable bonds is 6. The van der Waals surface area contributed by atoms with Crippen LogP contribution >= 0.6 is 0 Å². The number of nitrogens with zero attached hydrogens (tertiary/aromatic N) is 4. The molecule has 10 nitrogen and oxygen atoms in total. The van der Waals surface area contributed by atoms with Crippen molar-refractivity contribution in [1.82, 2.24) is 24.9 Å². The first-order chi connectivity index (χ1) is 21.7. The number of benzene rings is 2. The van der Waals surface area contributed by atoms with E-state index in [0.29, 0.717) is 50.3 Å². The molecule has 2 aromatic carbocycles. The largest absolute Gasteiger partial charge is 0.372 e. The van der Waals surface area contributed by atoms with Gasteiger partial charge in [-0.2, -0.15) is 5.10 Å². The van der Waals surface area contributed by atoms with Crippen molar-refractivity contribution < 1.29 is 18.7 Å². The quantitative estimate of drug-likeness (QED) is 0.437. The number of nitrogens with one attached hydrogen (secondary N) is 1. The molecule has 8 rings (SSSR count). The smallest absolute Gasteiger partial charge is 0.272 e. The molecule has 2 bridgehead atoms. The van der Waals surface area contributed by atoms with Crippen LogP contribution in [0.3, 0.4) is 0 Å². The molecule has 0 spiro atoms. The average Bonchev–Trinajstić information content (AvgIpc) is 3.07. The lowest BCUT2D eigenvalue weighted by Crippen LogP contribution is -2.63. The van der Waals surface area contributed by atoms with Gasteiger partial charge in [-0.15, -0.1) is 0 Å². The molecule has 3 aromatic rings. The Hall–Kier alpha value is -3.67. The molecule has 2 amide bonds. The van der Waals surface area contributed by atoms with Crippen molar-refractivity contribution in [1.29, 1.82) is 0 Å². The Morgan fingerprint density at radius 3 is 2.33 bits per heavy atom. The molecule has 1 aliphatic carbocycles. The number of fused-ring (bicyclic) bond motifs is 4. The Morgan fingerprint density at radius 2 is 1.64 bits per heavy atom. The highest BCUT2D eigenvalue weighted by Crippen LogP contribution is 2.43. The number of ether oxygens (including phenoxy) is 1. The van der Waals surface area contributed by atoms with Gasteiger partial charge in [0.15, 0.2) is 0 Å². The van der Waals surface area contributed by atoms with E-state index in [1.54, 1.807) is 29.2 Å². The Kier molecular flexibility index (Phi) is 7.95. The van der Waals surface area contributed by atoms with Gasteiger partial charge in [-0.3, -0.25) is 14.4 Å². The van der Waals surface area contributed by atoms with Crippen molar-refractivity contribution in [2.75, 3.05) is 52.4 Å². The van der Waals surface area contributed by atoms with Gasteiger partial charge >= 0.3 is 0 Å². The molecule has 5 heterocycles. The van der Waals surface area contributed by atoms with Crippen LogP contribution in [0.15, 0.2) is 47.3 Å². The zero-order chi connectivity index (χ0) is 31.2. The normalized spacial score (nSPS) is 26.0. The standard InChI is InChI=1S/C34H41FN6O4/c35-28-6-5-23(20-29-25-3-1-2-4-26(25)30(42)38-37-29)19-27(28)32(44)41-17-15-40(16-18-41)31(43)24-7-13-39(14-8-24)21-34-11-9-33(36,10-12-34)22-45-34/h1-6,19,24H,7-18,20-22,36H2,(H,38,42). The van der Waals surface area contributed by atoms with Crippen LogP contribution in [0.2, 0.25) is 0 Å². The van der Waals surface area contributed by atoms with E-state index in [1.807, 2.05) is 17.0 Å². The van der Waals surface area contributed by atoms with Crippen molar-refractivity contribution in [3.63, 3.8) is 0 Å². The SMILES string of the molecule is NC12CCC(CN3CCC(C(=O)N4CCN(C(=O)c5cc(Cc6n[nH]c(=O)c7ccccc67)ccc5F)CC4)CC3)(CC1)OC2. The summed E-state index contributed by atoms with van der Waals surface area (Å²) in [5, 5.41) is 8.00. The van der Waals surface area contributed by atoms with Gasteiger partial charge in [0, 0.05) is 56.0 Å². The number of aromatic nitrogens is 2. The molecule has 3 N–H and O–H groups in total. The molecule has 1 saturated carbocycles. The summed E-state index contributed by atoms with van der Waals surface area (Å²) in [7, 11) is 0. The predicted molar refractivity (Wildman–Crippen MR) is 167 cm³/mol. The van der Waals surface area contributed by atoms with Crippen molar-refractivity contribution in [3.8, 4) is 0 Å². The van der Waals surface area contributed by atoms with E-state index in [9.17, 15) is 18.8 Å². The molecule has 11 heteroatoms. The minimum Gasteiger partial charge on any atom is -0.372 e. The van der Waals surface area contributed by atoms with E-state index in [0.717, 1.165) is 69.1 Å². The number of hydrogen-bond acceptors (Lipinski definition) is 7. The van der Waals surface area contributed by atoms with Gasteiger partial charge in [-0.25, -0.2) is 9.49 Å². The van der Waals surface area contributed by atoms with Gasteiger partial charge in [0.05, 0.1) is 28.9 Å². The fourth-order valence-electron chi connectivity index (χ4n) is 7.64. The van der Waals surface area contributed by atoms with Gasteiger partial charge in [0.2, 0.25) is 5.91 Å². The van der Waals surface area contributed by atoms with Crippen molar-refractivity contribution in [3.05, 3.63) is 75.5 Å². The number of piperidine rings is 1. The van der Waals surface area contributed by atoms with Gasteiger partial charge < -0.3 is 25.2 Å². The summed E-state index contributed by atoms with van der Waals surface area (Å²) in [6, 6.07) is 11.7. The molecule has 4 saturated heterocycles. The maximum Gasteiger partial charge on any atom is 0.272 e. The molecule has 0 unspecified atom stereocenters. The van der Waals surface area contributed by atoms with Crippen LogP contribution in [-0.2, 0) is 16.0 Å². The van der Waals surface area contributed by atoms with Gasteiger partial charge in [-0.05, 0) is 75.4 Å². The second kappa shape index (κ2) is 11.9. The van der Waals surface area contributed by atoms with Crippen molar-refractivity contribution in [2.45, 2.75) is 56.1 Å². The number of aromatic amines is 1. The van der Waals surface area contributed by atoms with Crippen LogP contribution in [-0.4, -0.2) is 100 Å². The Morgan fingerprint density at radius 1 is 0.956 bits per heavy atom. The second-order valence-corrected chi connectivity index (χ2v) is 13.5. The lowest BCUT2D eigenvalue weighted by atomic mass is 9.71. The number of carbonyl (C=O) groups is 2. The molecular weight excluding hydrogens is 575 g/mol. The second-order valence-electron chi connectivity index (χ2n) is 13.5. The number of piperazine rings is 1. The highest BCUT2D eigenvalue weighted by atomic mass is 19.1. The van der Waals surface area contributed by atoms with E-state index in [1.165, 1.54) is 6.07 Å². The summed E-state index contributed by atoms with van der Waals surface area (Å²) >= 11 is 0. The number of nitrogens with two attached hydrogens (primary N) is 1. The highest BCUT2D eigenvalue weighted by Gasteiger charge is 2.48. The van der Waals surface area contributed by atoms with Crippen LogP contribution in [0.4, 0.5) is 4.39 Å². The third-order valence-corrected chi connectivity index (χ3v) is 10.6. The summed E-state index contributed by atoms with van der Waals surface area (Å²) in [4.78, 5) is 45.0. The summed E-state index contributed by atoms with van der Waals surface area (Å²) < 4.78 is 21.2. The zero-order valence-corrected chi connectivity index (χ0v) is 25.6. The maximum atomic E-state index is 14.9. The molecule has 5 fully saturated rings. The molecule has 1 aromatic heterocycles. The number of halogens is 1. The third-order valence-electron chi connectivity index (χ3n) is 10.6. The third kappa shape index (κ3) is 6.01. The van der Waals surface area contributed by atoms with Gasteiger partial charge in [-0.1, -0.05) is 24.3 Å². The molecular formula is C34H41FN6O4. The Labute approximate surface area is 261 Å². The van der Waals surface area contributed by atoms with E-state index in [2.05, 4.69) is 15.1 Å². The molecule has 0 atom stereocenters. The number of carbonyl (C=O) groups excluding carboxylic acids is 2. The molecule has 5 aliphatic rings. The van der Waals surface area contributed by atoms with Crippen LogP contribution in [0.1, 0.15) is 60.1 Å². The number of likely N-dealkylation sites (tertiary alicyclic amines) is 1. The van der Waals surface area contributed by atoms with E-state index in [4.69, 9.17) is 10.5 Å². The first-order valence-corrected chi connectivity index (χ1v) is 16.2. The van der Waals surface area contributed by atoms with Crippen LogP contribution < -0.4 is 11.3 Å². The van der Waals surface area contributed by atoms with Gasteiger partial charge in [0.1, 0.15) is 5.82 Å². The minimum atomic E-state index is -0.581. The van der Waals surface area contributed by atoms with Crippen LogP contribution in [0.25, 0.3) is 10.8 Å². The maximum absolute atomic E-state index is 14.9. The number of hydrogen-bond donors (Lipinski definition) is 2. The lowest BCUT2D eigenvalue weighted by Gasteiger charge is -2.53. The fourth-order valence-corrected chi connectivity index (χ4v) is 7.64. The lowest BCUT2D eigenvalue weighted by molar-refractivity contribution is -0.165. The van der Waals surface area contributed by atoms with E-state index in [-0.39, 0.29) is 40.0 Å². The first kappa shape index (κ1) is 30.0. The Bertz CT molecular complexity index is 1640. The molecule has 45 heavy (non-hydrogen) atoms. The van der Waals surface area contributed by atoms with Crippen molar-refractivity contribution >= 4 is 22.6 Å². The predicted octanol–water partition coefficient (Wildman–Crippen LogP) is 2.69. The number of amides is 2. The molecule has 4 aliphatic heterocycles. The van der Waals surface area contributed by atoms with Gasteiger partial charge in [0.25, 0.3) is 11.5 Å². The fraction of sp³-hybridized carbons (Fsp3) is 0.529. The molecule has 238 valence electrons. The Balaban J connectivity index is 0.927. The molecule has 0 radical (unpaired) electrons. The summed E-state index contributed by atoms with van der Waals surface area (Å²) in [5.41, 5.74) is 7.28. The zero-order valence-electron chi connectivity index (χ0n) is 25.6. The summed E-state index contributed by atoms with van der Waals surface area (Å²) in [5.74, 6) is -0.814. The van der Waals surface area contributed by atoms with Crippen molar-refractivity contribution in [2.24, 2.45) is 11.7 Å². The monoisotopic (exact) mass is 616 g/mol. The number of H-pyrrole nitrogens is 1. The first-order valence-electron chi connectivity index (χ1n) is 16.2. The van der Waals surface area contributed by atoms with E-state index >= 15 is 0 Å². The van der Waals surface area contributed by atoms with Crippen LogP contribution in [0, 0.1) is 11.7 Å².